The lowest BCUT2D eigenvalue weighted by atomic mass is 10.0. The van der Waals surface area contributed by atoms with Crippen molar-refractivity contribution in [2.45, 2.75) is 400 Å². The minimum absolute atomic E-state index is 0.106. The molecular weight excluding hydrogens is 1210 g/mol. The molecule has 0 heterocycles. The molecule has 0 saturated heterocycles. The number of unbranched alkanes of at least 4 members (excludes halogenated alkanes) is 45. The Morgan fingerprint density at radius 2 is 0.500 bits per heavy atom. The first kappa shape index (κ1) is 90.1. The summed E-state index contributed by atoms with van der Waals surface area (Å²) in [6, 6.07) is 0. The van der Waals surface area contributed by atoms with Crippen molar-refractivity contribution in [3.05, 3.63) is 0 Å². The standard InChI is InChI=1S/C73H142O17P2/c1-6-9-12-15-18-20-21-22-23-24-25-26-27-28-31-35-39-44-49-54-59-73(78)90-69(63-84-71(76)57-52-47-42-38-34-32-29-30-33-37-41-45-50-55-66(4)5)65-88-92(81,82)86-61-67(74)60-85-91(79,80)87-64-68(62-83-70(75)56-51-46-40-17-14-11-8-3)89-72(77)58-53-48-43-36-19-16-13-10-7-2/h66-69,74H,6-65H2,1-5H3,(H,79,80)(H,81,82)/t67-,68+,69+/m0/s1. The molecule has 17 nitrogen and oxygen atoms in total. The number of rotatable bonds is 73. The Morgan fingerprint density at radius 3 is 0.739 bits per heavy atom. The Hall–Kier alpha value is -1.94. The summed E-state index contributed by atoms with van der Waals surface area (Å²) in [6.45, 7) is 7.23. The molecular formula is C73H142O17P2. The Morgan fingerprint density at radius 1 is 0.293 bits per heavy atom. The summed E-state index contributed by atoms with van der Waals surface area (Å²) in [5, 5.41) is 10.6. The highest BCUT2D eigenvalue weighted by atomic mass is 31.2. The summed E-state index contributed by atoms with van der Waals surface area (Å²) < 4.78 is 68.2. The number of carbonyl (C=O) groups is 4. The van der Waals surface area contributed by atoms with E-state index in [1.54, 1.807) is 0 Å². The zero-order valence-corrected chi connectivity index (χ0v) is 61.5. The Balaban J connectivity index is 5.15. The van der Waals surface area contributed by atoms with Crippen LogP contribution in [0.3, 0.4) is 0 Å². The number of aliphatic hydroxyl groups is 1. The number of esters is 4. The van der Waals surface area contributed by atoms with E-state index in [9.17, 15) is 43.2 Å². The van der Waals surface area contributed by atoms with Gasteiger partial charge in [0, 0.05) is 25.7 Å². The molecule has 0 fully saturated rings. The quantitative estimate of drug-likeness (QED) is 0.0222. The number of ether oxygens (including phenoxy) is 4. The van der Waals surface area contributed by atoms with Gasteiger partial charge in [-0.3, -0.25) is 37.3 Å². The van der Waals surface area contributed by atoms with Gasteiger partial charge in [0.2, 0.25) is 0 Å². The molecule has 0 radical (unpaired) electrons. The van der Waals surface area contributed by atoms with Crippen LogP contribution in [-0.4, -0.2) is 96.7 Å². The summed E-state index contributed by atoms with van der Waals surface area (Å²) in [7, 11) is -9.89. The largest absolute Gasteiger partial charge is 0.472 e. The molecule has 5 atom stereocenters. The van der Waals surface area contributed by atoms with E-state index >= 15 is 0 Å². The van der Waals surface area contributed by atoms with Crippen LogP contribution in [-0.2, 0) is 65.4 Å². The SMILES string of the molecule is CCCCCCCCCCCCCCCCCCCCCCC(=O)O[C@H](COC(=O)CCCCCCCCCCCCCCCC(C)C)COP(=O)(O)OC[C@@H](O)COP(=O)(O)OC[C@@H](COC(=O)CCCCCCCCC)OC(=O)CCCCCCCCCCC. The second-order valence-electron chi connectivity index (χ2n) is 26.8. The maximum absolute atomic E-state index is 13.1. The van der Waals surface area contributed by atoms with Crippen LogP contribution in [0.5, 0.6) is 0 Å². The van der Waals surface area contributed by atoms with Crippen molar-refractivity contribution >= 4 is 39.5 Å². The first-order valence-corrected chi connectivity index (χ1v) is 41.1. The molecule has 0 amide bonds. The average Bonchev–Trinajstić information content (AvgIpc) is 2.37. The molecule has 19 heteroatoms. The van der Waals surface area contributed by atoms with Gasteiger partial charge in [-0.05, 0) is 31.6 Å². The Labute approximate surface area is 562 Å². The highest BCUT2D eigenvalue weighted by Crippen LogP contribution is 2.45. The molecule has 0 saturated carbocycles. The number of hydrogen-bond donors (Lipinski definition) is 3. The van der Waals surface area contributed by atoms with Gasteiger partial charge in [0.25, 0.3) is 0 Å². The van der Waals surface area contributed by atoms with Crippen LogP contribution in [0, 0.1) is 5.92 Å². The summed E-state index contributed by atoms with van der Waals surface area (Å²) in [4.78, 5) is 72.4. The van der Waals surface area contributed by atoms with E-state index in [1.165, 1.54) is 193 Å². The van der Waals surface area contributed by atoms with Gasteiger partial charge in [0.05, 0.1) is 26.4 Å². The molecule has 2 unspecified atom stereocenters. The number of phosphoric ester groups is 2. The zero-order valence-electron chi connectivity index (χ0n) is 59.7. The number of hydrogen-bond acceptors (Lipinski definition) is 15. The van der Waals surface area contributed by atoms with Gasteiger partial charge >= 0.3 is 39.5 Å². The maximum atomic E-state index is 13.1. The van der Waals surface area contributed by atoms with E-state index in [4.69, 9.17) is 37.0 Å². The molecule has 0 aliphatic heterocycles. The van der Waals surface area contributed by atoms with E-state index in [2.05, 4.69) is 34.6 Å². The molecule has 92 heavy (non-hydrogen) atoms. The molecule has 0 aliphatic carbocycles. The van der Waals surface area contributed by atoms with Crippen molar-refractivity contribution in [2.75, 3.05) is 39.6 Å². The molecule has 3 N–H and O–H groups in total. The van der Waals surface area contributed by atoms with E-state index in [0.29, 0.717) is 25.7 Å². The van der Waals surface area contributed by atoms with Crippen LogP contribution in [0.1, 0.15) is 381 Å². The van der Waals surface area contributed by atoms with Crippen LogP contribution in [0.2, 0.25) is 0 Å². The molecule has 0 aromatic heterocycles. The monoisotopic (exact) mass is 1350 g/mol. The average molecular weight is 1350 g/mol. The lowest BCUT2D eigenvalue weighted by molar-refractivity contribution is -0.161. The predicted molar refractivity (Wildman–Crippen MR) is 372 cm³/mol. The lowest BCUT2D eigenvalue weighted by Crippen LogP contribution is -2.30. The second kappa shape index (κ2) is 66.3. The molecule has 0 spiro atoms. The highest BCUT2D eigenvalue weighted by molar-refractivity contribution is 7.47. The summed E-state index contributed by atoms with van der Waals surface area (Å²) in [5.41, 5.74) is 0. The van der Waals surface area contributed by atoms with Crippen LogP contribution < -0.4 is 0 Å². The van der Waals surface area contributed by atoms with Crippen molar-refractivity contribution in [3.63, 3.8) is 0 Å². The summed E-state index contributed by atoms with van der Waals surface area (Å²) in [6.07, 6.45) is 54.4. The first-order chi connectivity index (χ1) is 44.5. The summed E-state index contributed by atoms with van der Waals surface area (Å²) in [5.74, 6) is -1.33. The van der Waals surface area contributed by atoms with Gasteiger partial charge in [0.15, 0.2) is 12.2 Å². The van der Waals surface area contributed by atoms with Gasteiger partial charge in [-0.1, -0.05) is 330 Å². The van der Waals surface area contributed by atoms with E-state index in [-0.39, 0.29) is 25.7 Å². The Bertz CT molecular complexity index is 1770. The Kier molecular flexibility index (Phi) is 64.9. The van der Waals surface area contributed by atoms with E-state index in [1.807, 2.05) is 0 Å². The van der Waals surface area contributed by atoms with E-state index in [0.717, 1.165) is 109 Å². The maximum Gasteiger partial charge on any atom is 0.472 e. The molecule has 0 aromatic rings. The zero-order chi connectivity index (χ0) is 67.7. The second-order valence-corrected chi connectivity index (χ2v) is 29.7. The van der Waals surface area contributed by atoms with Crippen LogP contribution >= 0.6 is 15.6 Å². The van der Waals surface area contributed by atoms with Gasteiger partial charge in [0.1, 0.15) is 19.3 Å². The molecule has 0 rings (SSSR count). The predicted octanol–water partition coefficient (Wildman–Crippen LogP) is 21.3. The minimum Gasteiger partial charge on any atom is -0.462 e. The molecule has 546 valence electrons. The van der Waals surface area contributed by atoms with Crippen LogP contribution in [0.25, 0.3) is 0 Å². The lowest BCUT2D eigenvalue weighted by Gasteiger charge is -2.21. The van der Waals surface area contributed by atoms with Gasteiger partial charge < -0.3 is 33.8 Å². The highest BCUT2D eigenvalue weighted by Gasteiger charge is 2.30. The number of phosphoric acid groups is 2. The van der Waals surface area contributed by atoms with Crippen molar-refractivity contribution in [1.29, 1.82) is 0 Å². The van der Waals surface area contributed by atoms with Crippen LogP contribution in [0.15, 0.2) is 0 Å². The fourth-order valence-electron chi connectivity index (χ4n) is 11.2. The number of aliphatic hydroxyl groups excluding tert-OH is 1. The molecule has 0 aliphatic rings. The third-order valence-electron chi connectivity index (χ3n) is 17.0. The summed E-state index contributed by atoms with van der Waals surface area (Å²) >= 11 is 0. The molecule has 0 aromatic carbocycles. The van der Waals surface area contributed by atoms with Crippen molar-refractivity contribution in [2.24, 2.45) is 5.92 Å². The fraction of sp³-hybridized carbons (Fsp3) is 0.945. The van der Waals surface area contributed by atoms with Gasteiger partial charge in [-0.25, -0.2) is 9.13 Å². The molecule has 0 bridgehead atoms. The number of carbonyl (C=O) groups excluding carboxylic acids is 4. The first-order valence-electron chi connectivity index (χ1n) is 38.1. The third-order valence-corrected chi connectivity index (χ3v) is 18.9. The van der Waals surface area contributed by atoms with Crippen molar-refractivity contribution in [3.8, 4) is 0 Å². The van der Waals surface area contributed by atoms with Crippen molar-refractivity contribution < 1.29 is 80.2 Å². The fourth-order valence-corrected chi connectivity index (χ4v) is 12.8. The van der Waals surface area contributed by atoms with E-state index < -0.39 is 97.5 Å². The topological polar surface area (TPSA) is 237 Å². The van der Waals surface area contributed by atoms with Gasteiger partial charge in [-0.2, -0.15) is 0 Å². The normalized spacial score (nSPS) is 14.0. The third kappa shape index (κ3) is 66.7. The minimum atomic E-state index is -4.95. The smallest absolute Gasteiger partial charge is 0.462 e. The van der Waals surface area contributed by atoms with Gasteiger partial charge in [-0.15, -0.1) is 0 Å². The van der Waals surface area contributed by atoms with Crippen molar-refractivity contribution in [1.82, 2.24) is 0 Å². The van der Waals surface area contributed by atoms with Crippen LogP contribution in [0.4, 0.5) is 0 Å².